The number of carbonyl (C=O) groups excluding carboxylic acids is 2. The molecule has 2 aliphatic rings. The summed E-state index contributed by atoms with van der Waals surface area (Å²) in [5.41, 5.74) is 5.66. The summed E-state index contributed by atoms with van der Waals surface area (Å²) in [5, 5.41) is 5.71. The maximum absolute atomic E-state index is 11.2. The Bertz CT molecular complexity index is 581. The van der Waals surface area contributed by atoms with E-state index in [0.29, 0.717) is 12.1 Å². The third-order valence-corrected chi connectivity index (χ3v) is 7.33. The number of nitrogens with zero attached hydrogens (tertiary/aromatic N) is 2. The third kappa shape index (κ3) is 8.51. The molecule has 6 nitrogen and oxygen atoms in total. The number of rotatable bonds is 5. The standard InChI is InChI=1S/C13H20N2OS2.C7H14N2O/c1-11(16)15-7-4-12(5-8-15)14-6-10-18-13-3-2-9-17-13;1-6(10)9-4-2-7(8)3-5-9/h2-3,9,12,14H,4-8,10H2,1H3;7H,2-5,8H2,1H3. The molecule has 1 aromatic rings. The van der Waals surface area contributed by atoms with E-state index in [-0.39, 0.29) is 11.8 Å². The highest BCUT2D eigenvalue weighted by atomic mass is 32.2. The molecule has 2 saturated heterocycles. The number of hydrogen-bond donors (Lipinski definition) is 2. The van der Waals surface area contributed by atoms with Gasteiger partial charge in [-0.15, -0.1) is 23.1 Å². The van der Waals surface area contributed by atoms with Crippen LogP contribution < -0.4 is 11.1 Å². The molecular weight excluding hydrogens is 392 g/mol. The van der Waals surface area contributed by atoms with Crippen LogP contribution >= 0.6 is 23.1 Å². The Kier molecular flexibility index (Phi) is 10.3. The van der Waals surface area contributed by atoms with Crippen LogP contribution in [-0.2, 0) is 9.59 Å². The van der Waals surface area contributed by atoms with Gasteiger partial charge in [-0.25, -0.2) is 0 Å². The first kappa shape index (κ1) is 23.2. The smallest absolute Gasteiger partial charge is 0.219 e. The van der Waals surface area contributed by atoms with E-state index in [2.05, 4.69) is 22.8 Å². The Balaban J connectivity index is 0.000000237. The summed E-state index contributed by atoms with van der Waals surface area (Å²) in [6.45, 7) is 7.82. The predicted molar refractivity (Wildman–Crippen MR) is 118 cm³/mol. The van der Waals surface area contributed by atoms with E-state index >= 15 is 0 Å². The lowest BCUT2D eigenvalue weighted by atomic mass is 10.1. The second-order valence-electron chi connectivity index (χ2n) is 7.36. The Morgan fingerprint density at radius 2 is 1.68 bits per heavy atom. The molecule has 0 radical (unpaired) electrons. The van der Waals surface area contributed by atoms with Crippen LogP contribution in [0.5, 0.6) is 0 Å². The zero-order valence-corrected chi connectivity index (χ0v) is 18.7. The van der Waals surface area contributed by atoms with Crippen LogP contribution in [-0.4, -0.2) is 72.2 Å². The van der Waals surface area contributed by atoms with Gasteiger partial charge in [-0.05, 0) is 37.1 Å². The molecule has 3 heterocycles. The summed E-state index contributed by atoms with van der Waals surface area (Å²) in [6.07, 6.45) is 4.09. The molecule has 28 heavy (non-hydrogen) atoms. The van der Waals surface area contributed by atoms with Crippen molar-refractivity contribution < 1.29 is 9.59 Å². The van der Waals surface area contributed by atoms with Gasteiger partial charge in [0.25, 0.3) is 0 Å². The van der Waals surface area contributed by atoms with E-state index in [1.165, 1.54) is 4.21 Å². The molecule has 0 saturated carbocycles. The first-order valence-corrected chi connectivity index (χ1v) is 12.0. The molecule has 2 fully saturated rings. The number of carbonyl (C=O) groups is 2. The highest BCUT2D eigenvalue weighted by Gasteiger charge is 2.19. The Morgan fingerprint density at radius 3 is 2.18 bits per heavy atom. The minimum absolute atomic E-state index is 0.173. The van der Waals surface area contributed by atoms with E-state index in [4.69, 9.17) is 5.73 Å². The number of thiophene rings is 1. The fourth-order valence-corrected chi connectivity index (χ4v) is 5.11. The topological polar surface area (TPSA) is 78.7 Å². The monoisotopic (exact) mass is 426 g/mol. The minimum atomic E-state index is 0.173. The normalized spacial score (nSPS) is 18.5. The molecule has 3 N–H and O–H groups in total. The van der Waals surface area contributed by atoms with Gasteiger partial charge in [0, 0.05) is 64.4 Å². The largest absolute Gasteiger partial charge is 0.343 e. The van der Waals surface area contributed by atoms with E-state index < -0.39 is 0 Å². The van der Waals surface area contributed by atoms with Gasteiger partial charge in [0.2, 0.25) is 11.8 Å². The van der Waals surface area contributed by atoms with Crippen molar-refractivity contribution in [2.45, 2.75) is 55.8 Å². The summed E-state index contributed by atoms with van der Waals surface area (Å²) in [6, 6.07) is 5.17. The predicted octanol–water partition coefficient (Wildman–Crippen LogP) is 2.40. The van der Waals surface area contributed by atoms with Crippen molar-refractivity contribution in [1.29, 1.82) is 0 Å². The number of amides is 2. The van der Waals surface area contributed by atoms with Crippen LogP contribution in [0.25, 0.3) is 0 Å². The molecule has 8 heteroatoms. The SMILES string of the molecule is CC(=O)N1CCC(N)CC1.CC(=O)N1CCC(NCCSc2cccs2)CC1. The first-order chi connectivity index (χ1) is 13.5. The van der Waals surface area contributed by atoms with Crippen molar-refractivity contribution >= 4 is 34.9 Å². The van der Waals surface area contributed by atoms with Crippen molar-refractivity contribution in [3.63, 3.8) is 0 Å². The zero-order chi connectivity index (χ0) is 20.4. The quantitative estimate of drug-likeness (QED) is 0.558. The van der Waals surface area contributed by atoms with Crippen LogP contribution in [0.4, 0.5) is 0 Å². The number of likely N-dealkylation sites (tertiary alicyclic amines) is 2. The van der Waals surface area contributed by atoms with Gasteiger partial charge in [-0.1, -0.05) is 6.07 Å². The van der Waals surface area contributed by atoms with Gasteiger partial charge in [0.15, 0.2) is 0 Å². The van der Waals surface area contributed by atoms with Gasteiger partial charge in [-0.2, -0.15) is 0 Å². The average Bonchev–Trinajstić information content (AvgIpc) is 3.20. The molecular formula is C20H34N4O2S2. The summed E-state index contributed by atoms with van der Waals surface area (Å²) in [4.78, 5) is 25.8. The molecule has 158 valence electrons. The van der Waals surface area contributed by atoms with Gasteiger partial charge < -0.3 is 20.9 Å². The molecule has 3 rings (SSSR count). The van der Waals surface area contributed by atoms with Crippen molar-refractivity contribution in [2.75, 3.05) is 38.5 Å². The maximum Gasteiger partial charge on any atom is 0.219 e. The Morgan fingerprint density at radius 1 is 1.11 bits per heavy atom. The van der Waals surface area contributed by atoms with Crippen LogP contribution in [0.1, 0.15) is 39.5 Å². The molecule has 0 aromatic carbocycles. The highest BCUT2D eigenvalue weighted by Crippen LogP contribution is 2.22. The lowest BCUT2D eigenvalue weighted by Gasteiger charge is -2.31. The molecule has 0 bridgehead atoms. The van der Waals surface area contributed by atoms with Crippen LogP contribution in [0.2, 0.25) is 0 Å². The highest BCUT2D eigenvalue weighted by molar-refractivity contribution is 8.01. The molecule has 0 unspecified atom stereocenters. The van der Waals surface area contributed by atoms with Crippen molar-refractivity contribution in [3.8, 4) is 0 Å². The minimum Gasteiger partial charge on any atom is -0.343 e. The van der Waals surface area contributed by atoms with Crippen LogP contribution in [0.15, 0.2) is 21.7 Å². The van der Waals surface area contributed by atoms with Gasteiger partial charge in [0.1, 0.15) is 0 Å². The second kappa shape index (κ2) is 12.5. The van der Waals surface area contributed by atoms with Crippen LogP contribution in [0, 0.1) is 0 Å². The molecule has 2 amide bonds. The summed E-state index contributed by atoms with van der Waals surface area (Å²) >= 11 is 3.72. The fourth-order valence-electron chi connectivity index (χ4n) is 3.37. The number of hydrogen-bond acceptors (Lipinski definition) is 6. The van der Waals surface area contributed by atoms with E-state index in [1.54, 1.807) is 25.2 Å². The lowest BCUT2D eigenvalue weighted by Crippen LogP contribution is -2.44. The van der Waals surface area contributed by atoms with Gasteiger partial charge >= 0.3 is 0 Å². The van der Waals surface area contributed by atoms with Gasteiger partial charge in [0.05, 0.1) is 4.21 Å². The summed E-state index contributed by atoms with van der Waals surface area (Å²) < 4.78 is 1.39. The number of thioether (sulfide) groups is 1. The molecule has 0 atom stereocenters. The fraction of sp³-hybridized carbons (Fsp3) is 0.700. The first-order valence-electron chi connectivity index (χ1n) is 10.1. The molecule has 2 aliphatic heterocycles. The summed E-state index contributed by atoms with van der Waals surface area (Å²) in [7, 11) is 0. The van der Waals surface area contributed by atoms with E-state index in [0.717, 1.165) is 64.2 Å². The molecule has 1 aromatic heterocycles. The number of piperidine rings is 2. The average molecular weight is 427 g/mol. The van der Waals surface area contributed by atoms with Gasteiger partial charge in [-0.3, -0.25) is 9.59 Å². The number of nitrogens with one attached hydrogen (secondary N) is 1. The summed E-state index contributed by atoms with van der Waals surface area (Å²) in [5.74, 6) is 1.50. The lowest BCUT2D eigenvalue weighted by molar-refractivity contribution is -0.130. The second-order valence-corrected chi connectivity index (χ2v) is 9.70. The number of nitrogens with two attached hydrogens (primary N) is 1. The Hall–Kier alpha value is -1.09. The van der Waals surface area contributed by atoms with E-state index in [1.807, 2.05) is 21.6 Å². The Labute approximate surface area is 177 Å². The van der Waals surface area contributed by atoms with Crippen LogP contribution in [0.3, 0.4) is 0 Å². The van der Waals surface area contributed by atoms with Crippen molar-refractivity contribution in [1.82, 2.24) is 15.1 Å². The van der Waals surface area contributed by atoms with Crippen molar-refractivity contribution in [2.24, 2.45) is 5.73 Å². The third-order valence-electron chi connectivity index (χ3n) is 5.20. The molecule has 0 aliphatic carbocycles. The molecule has 0 spiro atoms. The maximum atomic E-state index is 11.2. The van der Waals surface area contributed by atoms with E-state index in [9.17, 15) is 9.59 Å². The van der Waals surface area contributed by atoms with Crippen molar-refractivity contribution in [3.05, 3.63) is 17.5 Å². The zero-order valence-electron chi connectivity index (χ0n) is 17.1.